The second-order valence-electron chi connectivity index (χ2n) is 3.44. The Morgan fingerprint density at radius 2 is 2.40 bits per heavy atom. The van der Waals surface area contributed by atoms with E-state index in [9.17, 15) is 5.02 Å². The number of hydrogen-bond acceptors (Lipinski definition) is 4. The molecule has 3 N–H and O–H groups in total. The third-order valence-electron chi connectivity index (χ3n) is 2.49. The van der Waals surface area contributed by atoms with E-state index >= 15 is 0 Å². The number of benzene rings is 1. The van der Waals surface area contributed by atoms with Crippen LogP contribution in [0.1, 0.15) is 18.6 Å². The Balaban J connectivity index is 2.32. The minimum absolute atomic E-state index is 0.157. The van der Waals surface area contributed by atoms with Gasteiger partial charge in [-0.25, -0.2) is 0 Å². The molecule has 0 amide bonds. The predicted octanol–water partition coefficient (Wildman–Crippen LogP) is 0.516. The summed E-state index contributed by atoms with van der Waals surface area (Å²) in [5.74, 6) is 1.02. The highest BCUT2D eigenvalue weighted by atomic mass is 32.2. The molecule has 80 valence electrons. The molecule has 1 unspecified atom stereocenters. The molecule has 1 atom stereocenters. The first-order valence-corrected chi connectivity index (χ1v) is 6.05. The fraction of sp³-hybridized carbons (Fsp3) is 0.400. The van der Waals surface area contributed by atoms with Gasteiger partial charge in [0.1, 0.15) is 0 Å². The van der Waals surface area contributed by atoms with Crippen molar-refractivity contribution >= 4 is 24.3 Å². The quantitative estimate of drug-likeness (QED) is 0.579. The lowest BCUT2D eigenvalue weighted by Gasteiger charge is -2.08. The summed E-state index contributed by atoms with van der Waals surface area (Å²) < 4.78 is 5.34. The van der Waals surface area contributed by atoms with Gasteiger partial charge in [-0.3, -0.25) is 0 Å². The molecule has 0 spiro atoms. The van der Waals surface area contributed by atoms with Gasteiger partial charge in [-0.1, -0.05) is 13.0 Å². The van der Waals surface area contributed by atoms with Crippen molar-refractivity contribution in [3.8, 4) is 0 Å². The molecule has 0 saturated heterocycles. The molecular formula is C10H14BNO2S. The first kappa shape index (κ1) is 11.0. The monoisotopic (exact) mass is 223 g/mol. The largest absolute Gasteiger partial charge is 0.492 e. The lowest BCUT2D eigenvalue weighted by atomic mass is 9.79. The first-order valence-electron chi connectivity index (χ1n) is 5.06. The Morgan fingerprint density at radius 3 is 3.07 bits per heavy atom. The topological polar surface area (TPSA) is 55.5 Å². The van der Waals surface area contributed by atoms with Crippen molar-refractivity contribution in [1.82, 2.24) is 0 Å². The second-order valence-corrected chi connectivity index (χ2v) is 4.77. The van der Waals surface area contributed by atoms with Crippen LogP contribution in [0.3, 0.4) is 0 Å². The standard InChI is InChI=1S/C10H14BNO2S/c1-2-15-7-3-4-8-9(5-7)11(13)14-10(8)6-12/h3-5,10,13H,2,6,12H2,1H3. The van der Waals surface area contributed by atoms with Crippen LogP contribution in [0, 0.1) is 0 Å². The van der Waals surface area contributed by atoms with Crippen molar-refractivity contribution in [1.29, 1.82) is 0 Å². The number of hydrogen-bond donors (Lipinski definition) is 2. The van der Waals surface area contributed by atoms with Crippen molar-refractivity contribution in [2.75, 3.05) is 12.3 Å². The minimum Gasteiger partial charge on any atom is -0.423 e. The van der Waals surface area contributed by atoms with Crippen molar-refractivity contribution in [3.05, 3.63) is 23.8 Å². The summed E-state index contributed by atoms with van der Waals surface area (Å²) in [7, 11) is -0.814. The first-order chi connectivity index (χ1) is 7.26. The van der Waals surface area contributed by atoms with Crippen LogP contribution < -0.4 is 11.2 Å². The van der Waals surface area contributed by atoms with Crippen LogP contribution in [0.15, 0.2) is 23.1 Å². The molecule has 5 heteroatoms. The van der Waals surface area contributed by atoms with Crippen LogP contribution in [0.2, 0.25) is 0 Å². The van der Waals surface area contributed by atoms with Crippen LogP contribution in [0.25, 0.3) is 0 Å². The Hall–Kier alpha value is -0.485. The van der Waals surface area contributed by atoms with E-state index in [0.29, 0.717) is 6.54 Å². The van der Waals surface area contributed by atoms with E-state index in [1.165, 1.54) is 0 Å². The third kappa shape index (κ3) is 2.06. The van der Waals surface area contributed by atoms with Crippen LogP contribution in [-0.2, 0) is 4.65 Å². The van der Waals surface area contributed by atoms with E-state index < -0.39 is 7.12 Å². The average Bonchev–Trinajstić information content (AvgIpc) is 2.56. The maximum atomic E-state index is 9.69. The van der Waals surface area contributed by atoms with Gasteiger partial charge in [-0.15, -0.1) is 11.8 Å². The van der Waals surface area contributed by atoms with Crippen molar-refractivity contribution in [2.24, 2.45) is 5.73 Å². The molecular weight excluding hydrogens is 209 g/mol. The molecule has 0 fully saturated rings. The fourth-order valence-electron chi connectivity index (χ4n) is 1.80. The van der Waals surface area contributed by atoms with Gasteiger partial charge in [-0.05, 0) is 28.9 Å². The Kier molecular flexibility index (Phi) is 3.36. The van der Waals surface area contributed by atoms with Gasteiger partial charge >= 0.3 is 7.12 Å². The predicted molar refractivity (Wildman–Crippen MR) is 63.3 cm³/mol. The Morgan fingerprint density at radius 1 is 1.60 bits per heavy atom. The molecule has 0 bridgehead atoms. The maximum absolute atomic E-state index is 9.69. The number of fused-ring (bicyclic) bond motifs is 1. The molecule has 0 aromatic heterocycles. The van der Waals surface area contributed by atoms with Crippen molar-refractivity contribution in [3.63, 3.8) is 0 Å². The molecule has 3 nitrogen and oxygen atoms in total. The summed E-state index contributed by atoms with van der Waals surface area (Å²) in [6.45, 7) is 2.51. The molecule has 0 aliphatic carbocycles. The molecule has 1 aliphatic rings. The zero-order valence-corrected chi connectivity index (χ0v) is 9.46. The third-order valence-corrected chi connectivity index (χ3v) is 3.37. The highest BCUT2D eigenvalue weighted by molar-refractivity contribution is 7.99. The van der Waals surface area contributed by atoms with E-state index in [2.05, 4.69) is 13.0 Å². The van der Waals surface area contributed by atoms with Gasteiger partial charge < -0.3 is 15.4 Å². The van der Waals surface area contributed by atoms with Gasteiger partial charge in [0.25, 0.3) is 0 Å². The van der Waals surface area contributed by atoms with Crippen LogP contribution >= 0.6 is 11.8 Å². The average molecular weight is 223 g/mol. The van der Waals surface area contributed by atoms with Gasteiger partial charge in [-0.2, -0.15) is 0 Å². The fourth-order valence-corrected chi connectivity index (χ4v) is 2.51. The number of nitrogens with two attached hydrogens (primary N) is 1. The van der Waals surface area contributed by atoms with Crippen LogP contribution in [0.5, 0.6) is 0 Å². The van der Waals surface area contributed by atoms with Crippen molar-refractivity contribution < 1.29 is 9.68 Å². The molecule has 2 rings (SSSR count). The molecule has 15 heavy (non-hydrogen) atoms. The van der Waals surface area contributed by atoms with E-state index in [1.54, 1.807) is 11.8 Å². The zero-order valence-electron chi connectivity index (χ0n) is 8.64. The van der Waals surface area contributed by atoms with Gasteiger partial charge in [0.15, 0.2) is 0 Å². The molecule has 1 heterocycles. The highest BCUT2D eigenvalue weighted by Gasteiger charge is 2.34. The SMILES string of the molecule is CCSc1ccc2c(c1)B(O)OC2CN. The maximum Gasteiger partial charge on any atom is 0.492 e. The summed E-state index contributed by atoms with van der Waals surface area (Å²) in [5, 5.41) is 9.69. The second kappa shape index (κ2) is 4.57. The van der Waals surface area contributed by atoms with Gasteiger partial charge in [0.2, 0.25) is 0 Å². The van der Waals surface area contributed by atoms with E-state index in [-0.39, 0.29) is 6.10 Å². The molecule has 0 saturated carbocycles. The highest BCUT2D eigenvalue weighted by Crippen LogP contribution is 2.25. The normalized spacial score (nSPS) is 19.4. The van der Waals surface area contributed by atoms with Gasteiger partial charge in [0, 0.05) is 11.4 Å². The molecule has 1 aromatic carbocycles. The zero-order chi connectivity index (χ0) is 10.8. The summed E-state index contributed by atoms with van der Waals surface area (Å²) in [6, 6.07) is 6.04. The summed E-state index contributed by atoms with van der Waals surface area (Å²) in [5.41, 5.74) is 7.45. The van der Waals surface area contributed by atoms with Gasteiger partial charge in [0.05, 0.1) is 6.10 Å². The molecule has 1 aliphatic heterocycles. The molecule has 0 radical (unpaired) electrons. The molecule has 1 aromatic rings. The Labute approximate surface area is 94.1 Å². The van der Waals surface area contributed by atoms with Crippen molar-refractivity contribution in [2.45, 2.75) is 17.9 Å². The Bertz CT molecular complexity index is 361. The lowest BCUT2D eigenvalue weighted by Crippen LogP contribution is -2.28. The number of rotatable bonds is 3. The summed E-state index contributed by atoms with van der Waals surface area (Å²) >= 11 is 1.75. The summed E-state index contributed by atoms with van der Waals surface area (Å²) in [6.07, 6.45) is -0.157. The minimum atomic E-state index is -0.814. The number of thioether (sulfide) groups is 1. The van der Waals surface area contributed by atoms with Crippen LogP contribution in [0.4, 0.5) is 0 Å². The van der Waals surface area contributed by atoms with E-state index in [1.807, 2.05) is 12.1 Å². The van der Waals surface area contributed by atoms with E-state index in [4.69, 9.17) is 10.4 Å². The van der Waals surface area contributed by atoms with Crippen LogP contribution in [-0.4, -0.2) is 24.4 Å². The smallest absolute Gasteiger partial charge is 0.423 e. The lowest BCUT2D eigenvalue weighted by molar-refractivity contribution is 0.198. The van der Waals surface area contributed by atoms with E-state index in [0.717, 1.165) is 21.7 Å². The summed E-state index contributed by atoms with van der Waals surface area (Å²) in [4.78, 5) is 1.16.